The van der Waals surface area contributed by atoms with Crippen LogP contribution in [0.3, 0.4) is 0 Å². The Morgan fingerprint density at radius 3 is 2.52 bits per heavy atom. The highest BCUT2D eigenvalue weighted by Gasteiger charge is 2.40. The van der Waals surface area contributed by atoms with Crippen LogP contribution in [-0.2, 0) is 10.2 Å². The number of nitrogens with zero attached hydrogens (tertiary/aromatic N) is 1. The van der Waals surface area contributed by atoms with Gasteiger partial charge in [-0.15, -0.1) is 0 Å². The van der Waals surface area contributed by atoms with E-state index in [4.69, 9.17) is 11.6 Å². The Hall–Kier alpha value is -1.20. The average molecular weight is 457 g/mol. The van der Waals surface area contributed by atoms with Crippen LogP contribution in [0.2, 0.25) is 5.02 Å². The first-order valence-corrected chi connectivity index (χ1v) is 12.0. The van der Waals surface area contributed by atoms with E-state index in [2.05, 4.69) is 31.0 Å². The Balaban J connectivity index is 2.03. The largest absolute Gasteiger partial charge is 0.355 e. The average Bonchev–Trinajstić information content (AvgIpc) is 2.69. The zero-order valence-electron chi connectivity index (χ0n) is 19.7. The topological polar surface area (TPSA) is 32.3 Å². The zero-order chi connectivity index (χ0) is 23.2. The lowest BCUT2D eigenvalue weighted by molar-refractivity contribution is -0.127. The van der Waals surface area contributed by atoms with E-state index in [1.54, 1.807) is 6.07 Å². The molecular formula is C25H39ClF2N2O. The van der Waals surface area contributed by atoms with Crippen LogP contribution in [-0.4, -0.2) is 43.2 Å². The molecule has 1 fully saturated rings. The van der Waals surface area contributed by atoms with E-state index >= 15 is 0 Å². The number of likely N-dealkylation sites (tertiary alicyclic amines) is 1. The third-order valence-corrected chi connectivity index (χ3v) is 6.94. The molecule has 0 bridgehead atoms. The summed E-state index contributed by atoms with van der Waals surface area (Å²) in [4.78, 5) is 15.5. The van der Waals surface area contributed by atoms with E-state index in [1.165, 1.54) is 12.1 Å². The molecular weight excluding hydrogens is 418 g/mol. The van der Waals surface area contributed by atoms with E-state index in [0.717, 1.165) is 32.4 Å². The second-order valence-electron chi connectivity index (χ2n) is 10.2. The summed E-state index contributed by atoms with van der Waals surface area (Å²) in [5, 5.41) is 3.29. The molecule has 31 heavy (non-hydrogen) atoms. The van der Waals surface area contributed by atoms with E-state index in [-0.39, 0.29) is 22.3 Å². The summed E-state index contributed by atoms with van der Waals surface area (Å²) in [6.45, 7) is 13.1. The first-order chi connectivity index (χ1) is 14.5. The molecule has 2 rings (SSSR count). The van der Waals surface area contributed by atoms with Crippen LogP contribution >= 0.6 is 11.6 Å². The number of alkyl halides is 1. The maximum absolute atomic E-state index is 14.9. The lowest BCUT2D eigenvalue weighted by atomic mass is 9.73. The van der Waals surface area contributed by atoms with Crippen molar-refractivity contribution in [2.45, 2.75) is 78.3 Å². The fourth-order valence-corrected chi connectivity index (χ4v) is 4.89. The molecule has 1 aliphatic heterocycles. The fraction of sp³-hybridized carbons (Fsp3) is 0.720. The first kappa shape index (κ1) is 26.1. The molecule has 1 aliphatic rings. The molecule has 1 saturated heterocycles. The summed E-state index contributed by atoms with van der Waals surface area (Å²) in [6.07, 6.45) is 2.75. The van der Waals surface area contributed by atoms with E-state index in [9.17, 15) is 13.6 Å². The quantitative estimate of drug-likeness (QED) is 0.484. The molecule has 1 aromatic rings. The zero-order valence-corrected chi connectivity index (χ0v) is 20.5. The van der Waals surface area contributed by atoms with Crippen molar-refractivity contribution < 1.29 is 13.6 Å². The molecule has 3 atom stereocenters. The van der Waals surface area contributed by atoms with Crippen LogP contribution in [0.15, 0.2) is 18.2 Å². The Morgan fingerprint density at radius 2 is 1.97 bits per heavy atom. The number of benzene rings is 1. The number of amides is 1. The minimum Gasteiger partial charge on any atom is -0.355 e. The molecule has 1 N–H and O–H groups in total. The third kappa shape index (κ3) is 6.89. The second-order valence-corrected chi connectivity index (χ2v) is 10.6. The highest BCUT2D eigenvalue weighted by atomic mass is 35.5. The molecule has 0 aromatic heterocycles. The molecule has 1 heterocycles. The number of rotatable bonds is 9. The van der Waals surface area contributed by atoms with Gasteiger partial charge in [0, 0.05) is 24.0 Å². The van der Waals surface area contributed by atoms with E-state index in [0.29, 0.717) is 31.5 Å². The Morgan fingerprint density at radius 1 is 1.26 bits per heavy atom. The number of halogens is 3. The van der Waals surface area contributed by atoms with Gasteiger partial charge in [-0.3, -0.25) is 4.79 Å². The lowest BCUT2D eigenvalue weighted by Crippen LogP contribution is -2.50. The smallest absolute Gasteiger partial charge is 0.230 e. The van der Waals surface area contributed by atoms with Crippen molar-refractivity contribution in [1.29, 1.82) is 0 Å². The van der Waals surface area contributed by atoms with Crippen LogP contribution in [0.1, 0.15) is 72.3 Å². The van der Waals surface area contributed by atoms with Crippen molar-refractivity contribution in [3.8, 4) is 0 Å². The normalized spacial score (nSPS) is 22.2. The van der Waals surface area contributed by atoms with Gasteiger partial charge in [0.1, 0.15) is 12.0 Å². The molecule has 1 aromatic carbocycles. The predicted molar refractivity (Wildman–Crippen MR) is 125 cm³/mol. The molecule has 1 unspecified atom stereocenters. The number of nitrogens with one attached hydrogen (secondary N) is 1. The fourth-order valence-electron chi connectivity index (χ4n) is 4.54. The Bertz CT molecular complexity index is 737. The maximum atomic E-state index is 14.9. The second kappa shape index (κ2) is 11.1. The summed E-state index contributed by atoms with van der Waals surface area (Å²) in [5.74, 6) is -0.753. The van der Waals surface area contributed by atoms with Gasteiger partial charge in [0.2, 0.25) is 5.91 Å². The highest BCUT2D eigenvalue weighted by Crippen LogP contribution is 2.38. The summed E-state index contributed by atoms with van der Waals surface area (Å²) in [6, 6.07) is 4.22. The minimum atomic E-state index is -0.953. The summed E-state index contributed by atoms with van der Waals surface area (Å²) in [7, 11) is 0. The number of hydrogen-bond acceptors (Lipinski definition) is 2. The van der Waals surface area contributed by atoms with Gasteiger partial charge in [-0.05, 0) is 61.9 Å². The monoisotopic (exact) mass is 456 g/mol. The van der Waals surface area contributed by atoms with Crippen molar-refractivity contribution in [3.05, 3.63) is 34.6 Å². The van der Waals surface area contributed by atoms with Crippen molar-refractivity contribution in [2.24, 2.45) is 11.3 Å². The van der Waals surface area contributed by atoms with Gasteiger partial charge >= 0.3 is 0 Å². The number of carbonyl (C=O) groups is 1. The van der Waals surface area contributed by atoms with Crippen molar-refractivity contribution in [2.75, 3.05) is 26.2 Å². The van der Waals surface area contributed by atoms with Gasteiger partial charge in [-0.25, -0.2) is 8.78 Å². The van der Waals surface area contributed by atoms with Crippen LogP contribution in [0, 0.1) is 17.2 Å². The minimum absolute atomic E-state index is 0.146. The molecule has 3 nitrogen and oxygen atoms in total. The van der Waals surface area contributed by atoms with Crippen LogP contribution in [0.5, 0.6) is 0 Å². The van der Waals surface area contributed by atoms with E-state index in [1.807, 2.05) is 13.8 Å². The van der Waals surface area contributed by atoms with Gasteiger partial charge in [-0.2, -0.15) is 0 Å². The molecule has 1 amide bonds. The van der Waals surface area contributed by atoms with Gasteiger partial charge in [0.25, 0.3) is 0 Å². The number of piperidine rings is 1. The Kier molecular flexibility index (Phi) is 9.32. The molecule has 176 valence electrons. The standard InChI is InChI=1S/C25H39ClF2N2O/c1-6-11-25(7-2,20-9-8-19(27)15-21(20)26)23(31)29-16-18-10-13-30(17-22(18)28)14-12-24(3,4)5/h8-9,15,18,22H,6-7,10-14,16-17H2,1-5H3,(H,29,31)/t18-,22-,25?/m0/s1. The highest BCUT2D eigenvalue weighted by molar-refractivity contribution is 6.31. The number of carbonyl (C=O) groups excluding carboxylic acids is 1. The molecule has 6 heteroatoms. The van der Waals surface area contributed by atoms with Gasteiger partial charge in [-0.1, -0.05) is 58.7 Å². The lowest BCUT2D eigenvalue weighted by Gasteiger charge is -2.37. The summed E-state index contributed by atoms with van der Waals surface area (Å²) < 4.78 is 28.5. The maximum Gasteiger partial charge on any atom is 0.230 e. The van der Waals surface area contributed by atoms with Crippen LogP contribution in [0.4, 0.5) is 8.78 Å². The van der Waals surface area contributed by atoms with Gasteiger partial charge in [0.05, 0.1) is 5.41 Å². The first-order valence-electron chi connectivity index (χ1n) is 11.6. The molecule has 0 saturated carbocycles. The van der Waals surface area contributed by atoms with Crippen LogP contribution in [0.25, 0.3) is 0 Å². The van der Waals surface area contributed by atoms with Crippen molar-refractivity contribution in [1.82, 2.24) is 10.2 Å². The summed E-state index contributed by atoms with van der Waals surface area (Å²) in [5.41, 5.74) is 0.0472. The molecule has 0 spiro atoms. The van der Waals surface area contributed by atoms with Crippen molar-refractivity contribution >= 4 is 17.5 Å². The van der Waals surface area contributed by atoms with E-state index < -0.39 is 17.4 Å². The third-order valence-electron chi connectivity index (χ3n) is 6.62. The Labute approximate surface area is 191 Å². The molecule has 0 radical (unpaired) electrons. The van der Waals surface area contributed by atoms with Gasteiger partial charge in [0.15, 0.2) is 0 Å². The predicted octanol–water partition coefficient (Wildman–Crippen LogP) is 6.14. The number of hydrogen-bond donors (Lipinski definition) is 1. The SMILES string of the molecule is CCCC(CC)(C(=O)NC[C@@H]1CCN(CCC(C)(C)C)C[C@@H]1F)c1ccc(F)cc1Cl. The summed E-state index contributed by atoms with van der Waals surface area (Å²) >= 11 is 6.34. The van der Waals surface area contributed by atoms with Gasteiger partial charge < -0.3 is 10.2 Å². The van der Waals surface area contributed by atoms with Crippen molar-refractivity contribution in [3.63, 3.8) is 0 Å². The van der Waals surface area contributed by atoms with Crippen LogP contribution < -0.4 is 5.32 Å². The molecule has 0 aliphatic carbocycles.